The summed E-state index contributed by atoms with van der Waals surface area (Å²) in [7, 11) is 0. The Bertz CT molecular complexity index is 520. The summed E-state index contributed by atoms with van der Waals surface area (Å²) >= 11 is 0. The molecule has 0 aliphatic carbocycles. The number of nitrogens with zero attached hydrogens (tertiary/aromatic N) is 1. The van der Waals surface area contributed by atoms with Gasteiger partial charge in [0.15, 0.2) is 0 Å². The number of carboxylic acid groups (broad SMARTS) is 1. The van der Waals surface area contributed by atoms with E-state index in [4.69, 9.17) is 5.11 Å². The Morgan fingerprint density at radius 2 is 2.16 bits per heavy atom. The lowest BCUT2D eigenvalue weighted by molar-refractivity contribution is -0.142. The summed E-state index contributed by atoms with van der Waals surface area (Å²) in [5.74, 6) is -2.90. The summed E-state index contributed by atoms with van der Waals surface area (Å²) in [6.45, 7) is 0.827. The topological polar surface area (TPSA) is 89.9 Å². The van der Waals surface area contributed by atoms with Crippen LogP contribution in [0, 0.1) is 5.82 Å². The lowest BCUT2D eigenvalue weighted by Crippen LogP contribution is -2.56. The van der Waals surface area contributed by atoms with Gasteiger partial charge in [0.1, 0.15) is 17.6 Å². The van der Waals surface area contributed by atoms with Gasteiger partial charge >= 0.3 is 5.97 Å². The second-order valence-corrected chi connectivity index (χ2v) is 4.22. The standard InChI is InChI=1S/C12H13FN2O4/c13-7-1-2-8(10(16)5-7)11(17)15-4-3-14-6-9(15)12(18)19/h1-2,5,9,14,16H,3-4,6H2,(H,18,19). The number of rotatable bonds is 2. The molecule has 2 rings (SSSR count). The Kier molecular flexibility index (Phi) is 3.66. The van der Waals surface area contributed by atoms with E-state index in [1.54, 1.807) is 0 Å². The molecule has 1 heterocycles. The molecule has 0 radical (unpaired) electrons. The smallest absolute Gasteiger partial charge is 0.327 e. The number of carboxylic acids is 1. The number of carbonyl (C=O) groups is 2. The summed E-state index contributed by atoms with van der Waals surface area (Å²) in [6, 6.07) is 2.02. The van der Waals surface area contributed by atoms with E-state index in [0.29, 0.717) is 6.54 Å². The van der Waals surface area contributed by atoms with E-state index in [0.717, 1.165) is 23.1 Å². The number of carbonyl (C=O) groups excluding carboxylic acids is 1. The molecule has 0 spiro atoms. The Labute approximate surface area is 108 Å². The third-order valence-electron chi connectivity index (χ3n) is 2.98. The number of nitrogens with one attached hydrogen (secondary N) is 1. The molecule has 1 unspecified atom stereocenters. The fraction of sp³-hybridized carbons (Fsp3) is 0.333. The van der Waals surface area contributed by atoms with Crippen molar-refractivity contribution in [3.8, 4) is 5.75 Å². The number of piperazine rings is 1. The molecule has 0 bridgehead atoms. The number of phenols is 1. The van der Waals surface area contributed by atoms with Crippen molar-refractivity contribution in [2.45, 2.75) is 6.04 Å². The van der Waals surface area contributed by atoms with Crippen molar-refractivity contribution in [1.29, 1.82) is 0 Å². The highest BCUT2D eigenvalue weighted by atomic mass is 19.1. The van der Waals surface area contributed by atoms with E-state index < -0.39 is 29.5 Å². The zero-order chi connectivity index (χ0) is 14.0. The maximum absolute atomic E-state index is 12.9. The number of aromatic hydroxyl groups is 1. The van der Waals surface area contributed by atoms with Crippen molar-refractivity contribution in [1.82, 2.24) is 10.2 Å². The first-order valence-electron chi connectivity index (χ1n) is 5.73. The summed E-state index contributed by atoms with van der Waals surface area (Å²) in [5, 5.41) is 21.5. The van der Waals surface area contributed by atoms with Gasteiger partial charge in [-0.3, -0.25) is 4.79 Å². The van der Waals surface area contributed by atoms with Crippen LogP contribution in [0.1, 0.15) is 10.4 Å². The Morgan fingerprint density at radius 3 is 2.79 bits per heavy atom. The minimum Gasteiger partial charge on any atom is -0.507 e. The zero-order valence-corrected chi connectivity index (χ0v) is 9.97. The third-order valence-corrected chi connectivity index (χ3v) is 2.98. The van der Waals surface area contributed by atoms with E-state index in [2.05, 4.69) is 5.32 Å². The minimum atomic E-state index is -1.12. The van der Waals surface area contributed by atoms with Crippen LogP contribution in [-0.4, -0.2) is 52.7 Å². The van der Waals surface area contributed by atoms with Gasteiger partial charge in [0, 0.05) is 25.7 Å². The highest BCUT2D eigenvalue weighted by molar-refractivity contribution is 5.99. The summed E-state index contributed by atoms with van der Waals surface area (Å²) in [6.07, 6.45) is 0. The van der Waals surface area contributed by atoms with Crippen LogP contribution in [0.2, 0.25) is 0 Å². The second kappa shape index (κ2) is 5.23. The van der Waals surface area contributed by atoms with Crippen LogP contribution in [0.5, 0.6) is 5.75 Å². The van der Waals surface area contributed by atoms with Crippen LogP contribution < -0.4 is 5.32 Å². The fourth-order valence-electron chi connectivity index (χ4n) is 2.01. The van der Waals surface area contributed by atoms with Gasteiger partial charge in [0.25, 0.3) is 5.91 Å². The molecule has 1 atom stereocenters. The summed E-state index contributed by atoms with van der Waals surface area (Å²) in [4.78, 5) is 24.4. The quantitative estimate of drug-likeness (QED) is 0.704. The lowest BCUT2D eigenvalue weighted by atomic mass is 10.1. The maximum atomic E-state index is 12.9. The molecule has 1 aliphatic heterocycles. The van der Waals surface area contributed by atoms with Crippen molar-refractivity contribution in [3.63, 3.8) is 0 Å². The van der Waals surface area contributed by atoms with Crippen LogP contribution in [0.15, 0.2) is 18.2 Å². The number of hydrogen-bond acceptors (Lipinski definition) is 4. The van der Waals surface area contributed by atoms with Crippen LogP contribution >= 0.6 is 0 Å². The Balaban J connectivity index is 2.28. The molecule has 3 N–H and O–H groups in total. The van der Waals surface area contributed by atoms with Gasteiger partial charge in [-0.1, -0.05) is 0 Å². The zero-order valence-electron chi connectivity index (χ0n) is 9.97. The molecule has 1 fully saturated rings. The predicted octanol–water partition coefficient (Wildman–Crippen LogP) is 0.0299. The van der Waals surface area contributed by atoms with E-state index in [-0.39, 0.29) is 18.7 Å². The molecule has 6 nitrogen and oxygen atoms in total. The minimum absolute atomic E-state index is 0.102. The predicted molar refractivity (Wildman–Crippen MR) is 63.4 cm³/mol. The van der Waals surface area contributed by atoms with Crippen LogP contribution in [-0.2, 0) is 4.79 Å². The molecule has 1 amide bonds. The Hall–Kier alpha value is -2.15. The fourth-order valence-corrected chi connectivity index (χ4v) is 2.01. The van der Waals surface area contributed by atoms with Crippen molar-refractivity contribution in [2.75, 3.05) is 19.6 Å². The average molecular weight is 268 g/mol. The highest BCUT2D eigenvalue weighted by Gasteiger charge is 2.33. The van der Waals surface area contributed by atoms with Gasteiger partial charge in [0.05, 0.1) is 5.56 Å². The third kappa shape index (κ3) is 2.65. The Morgan fingerprint density at radius 1 is 1.42 bits per heavy atom. The number of hydrogen-bond donors (Lipinski definition) is 3. The first-order chi connectivity index (χ1) is 9.00. The lowest BCUT2D eigenvalue weighted by Gasteiger charge is -2.33. The van der Waals surface area contributed by atoms with Gasteiger partial charge in [0.2, 0.25) is 0 Å². The first kappa shape index (κ1) is 13.3. The molecule has 1 aliphatic rings. The molecule has 1 saturated heterocycles. The van der Waals surface area contributed by atoms with Crippen molar-refractivity contribution in [2.24, 2.45) is 0 Å². The average Bonchev–Trinajstić information content (AvgIpc) is 2.38. The molecule has 19 heavy (non-hydrogen) atoms. The summed E-state index contributed by atoms with van der Waals surface area (Å²) < 4.78 is 12.9. The van der Waals surface area contributed by atoms with Crippen LogP contribution in [0.4, 0.5) is 4.39 Å². The number of halogens is 1. The molecule has 0 saturated carbocycles. The first-order valence-corrected chi connectivity index (χ1v) is 5.73. The molecule has 1 aromatic rings. The molecular weight excluding hydrogens is 255 g/mol. The van der Waals surface area contributed by atoms with Crippen LogP contribution in [0.25, 0.3) is 0 Å². The van der Waals surface area contributed by atoms with Crippen LogP contribution in [0.3, 0.4) is 0 Å². The van der Waals surface area contributed by atoms with Gasteiger partial charge in [-0.05, 0) is 12.1 Å². The number of amides is 1. The molecule has 1 aromatic carbocycles. The normalized spacial score (nSPS) is 19.2. The van der Waals surface area contributed by atoms with E-state index in [1.807, 2.05) is 0 Å². The highest BCUT2D eigenvalue weighted by Crippen LogP contribution is 2.21. The monoisotopic (exact) mass is 268 g/mol. The number of phenolic OH excluding ortho intramolecular Hbond substituents is 1. The van der Waals surface area contributed by atoms with E-state index in [9.17, 15) is 19.1 Å². The van der Waals surface area contributed by atoms with Gasteiger partial charge in [-0.2, -0.15) is 0 Å². The molecular formula is C12H13FN2O4. The molecule has 0 aromatic heterocycles. The molecule has 7 heteroatoms. The maximum Gasteiger partial charge on any atom is 0.327 e. The largest absolute Gasteiger partial charge is 0.507 e. The van der Waals surface area contributed by atoms with Gasteiger partial charge in [-0.15, -0.1) is 0 Å². The van der Waals surface area contributed by atoms with E-state index in [1.165, 1.54) is 0 Å². The second-order valence-electron chi connectivity index (χ2n) is 4.22. The molecule has 102 valence electrons. The number of aliphatic carboxylic acids is 1. The number of benzene rings is 1. The summed E-state index contributed by atoms with van der Waals surface area (Å²) in [5.41, 5.74) is -0.102. The van der Waals surface area contributed by atoms with Crippen molar-refractivity contribution < 1.29 is 24.2 Å². The van der Waals surface area contributed by atoms with Gasteiger partial charge < -0.3 is 20.4 Å². The van der Waals surface area contributed by atoms with E-state index >= 15 is 0 Å². The van der Waals surface area contributed by atoms with Gasteiger partial charge in [-0.25, -0.2) is 9.18 Å². The van der Waals surface area contributed by atoms with Crippen molar-refractivity contribution in [3.05, 3.63) is 29.6 Å². The van der Waals surface area contributed by atoms with Crippen molar-refractivity contribution >= 4 is 11.9 Å². The SMILES string of the molecule is O=C(O)C1CNCCN1C(=O)c1ccc(F)cc1O.